The number of aryl methyl sites for hydroxylation is 1. The van der Waals surface area contributed by atoms with Gasteiger partial charge in [0.2, 0.25) is 0 Å². The minimum atomic E-state index is -1.09. The Kier molecular flexibility index (Phi) is 6.51. The molecule has 4 rings (SSSR count). The molecule has 0 saturated carbocycles. The Morgan fingerprint density at radius 1 is 1.09 bits per heavy atom. The summed E-state index contributed by atoms with van der Waals surface area (Å²) in [6, 6.07) is 16.5. The van der Waals surface area contributed by atoms with Gasteiger partial charge in [0.25, 0.3) is 5.56 Å². The molecule has 2 atom stereocenters. The molecule has 7 nitrogen and oxygen atoms in total. The molecule has 184 valence electrons. The summed E-state index contributed by atoms with van der Waals surface area (Å²) in [5, 5.41) is 14.8. The first-order valence-corrected chi connectivity index (χ1v) is 11.6. The van der Waals surface area contributed by atoms with Gasteiger partial charge >= 0.3 is 6.09 Å². The Morgan fingerprint density at radius 2 is 1.74 bits per heavy atom. The lowest BCUT2D eigenvalue weighted by molar-refractivity contribution is -0.101. The molecule has 0 radical (unpaired) electrons. The van der Waals surface area contributed by atoms with Crippen molar-refractivity contribution in [1.29, 1.82) is 0 Å². The van der Waals surface area contributed by atoms with Crippen LogP contribution in [0, 0.1) is 5.82 Å². The lowest BCUT2D eigenvalue weighted by Crippen LogP contribution is -2.51. The number of carbonyl (C=O) groups excluding carboxylic acids is 1. The molecule has 0 spiro atoms. The summed E-state index contributed by atoms with van der Waals surface area (Å²) >= 11 is 0. The van der Waals surface area contributed by atoms with E-state index >= 15 is 0 Å². The highest BCUT2D eigenvalue weighted by atomic mass is 19.1. The molecule has 2 heterocycles. The highest BCUT2D eigenvalue weighted by Crippen LogP contribution is 2.42. The van der Waals surface area contributed by atoms with Crippen molar-refractivity contribution < 1.29 is 19.0 Å². The second-order valence-corrected chi connectivity index (χ2v) is 9.78. The highest BCUT2D eigenvalue weighted by molar-refractivity contribution is 5.70. The van der Waals surface area contributed by atoms with Crippen molar-refractivity contribution in [2.75, 3.05) is 6.54 Å². The Morgan fingerprint density at radius 3 is 2.31 bits per heavy atom. The van der Waals surface area contributed by atoms with Crippen molar-refractivity contribution in [3.8, 4) is 11.3 Å². The van der Waals surface area contributed by atoms with E-state index in [0.29, 0.717) is 24.2 Å². The third-order valence-corrected chi connectivity index (χ3v) is 6.48. The fourth-order valence-electron chi connectivity index (χ4n) is 4.67. The standard InChI is InChI=1S/C27H30FN3O4/c1-18(19-5-7-20(8-6-19)23-13-14-24(32)30(4)29-23)31-16-15-27(35-25(31)33,17-26(2,3)34)21-9-11-22(28)12-10-21/h5-14,18,34H,15-17H2,1-4H3/t18-,27?/m0/s1. The molecule has 1 aromatic heterocycles. The van der Waals surface area contributed by atoms with Crippen molar-refractivity contribution in [3.63, 3.8) is 0 Å². The number of aliphatic hydroxyl groups is 1. The first-order valence-electron chi connectivity index (χ1n) is 11.6. The molecule has 3 aromatic rings. The summed E-state index contributed by atoms with van der Waals surface area (Å²) in [4.78, 5) is 26.5. The largest absolute Gasteiger partial charge is 0.438 e. The summed E-state index contributed by atoms with van der Waals surface area (Å²) in [6.07, 6.45) is 0.167. The molecule has 0 bridgehead atoms. The third kappa shape index (κ3) is 5.27. The Hall–Kier alpha value is -3.52. The van der Waals surface area contributed by atoms with Crippen molar-refractivity contribution in [1.82, 2.24) is 14.7 Å². The van der Waals surface area contributed by atoms with Crippen LogP contribution in [-0.2, 0) is 17.4 Å². The van der Waals surface area contributed by atoms with E-state index in [2.05, 4.69) is 5.10 Å². The van der Waals surface area contributed by atoms with Crippen LogP contribution in [0.15, 0.2) is 65.5 Å². The lowest BCUT2D eigenvalue weighted by Gasteiger charge is -2.45. The summed E-state index contributed by atoms with van der Waals surface area (Å²) in [5.41, 5.74) is 0.815. The van der Waals surface area contributed by atoms with Crippen molar-refractivity contribution in [3.05, 3.63) is 88.0 Å². The van der Waals surface area contributed by atoms with Crippen LogP contribution in [0.4, 0.5) is 9.18 Å². The second-order valence-electron chi connectivity index (χ2n) is 9.78. The SMILES string of the molecule is C[C@@H](c1ccc(-c2ccc(=O)n(C)n2)cc1)N1CCC(CC(C)(C)O)(c2ccc(F)cc2)OC1=O. The van der Waals surface area contributed by atoms with Crippen molar-refractivity contribution >= 4 is 6.09 Å². The van der Waals surface area contributed by atoms with E-state index in [0.717, 1.165) is 11.1 Å². The fourth-order valence-corrected chi connectivity index (χ4v) is 4.67. The van der Waals surface area contributed by atoms with Gasteiger partial charge in [-0.15, -0.1) is 0 Å². The minimum absolute atomic E-state index is 0.177. The molecule has 1 saturated heterocycles. The highest BCUT2D eigenvalue weighted by Gasteiger charge is 2.46. The zero-order chi connectivity index (χ0) is 25.4. The van der Waals surface area contributed by atoms with Crippen LogP contribution in [-0.4, -0.2) is 38.0 Å². The molecule has 8 heteroatoms. The Balaban J connectivity index is 1.54. The number of amides is 1. The smallest absolute Gasteiger partial charge is 0.411 e. The number of cyclic esters (lactones) is 1. The van der Waals surface area contributed by atoms with Gasteiger partial charge in [-0.2, -0.15) is 5.10 Å². The molecule has 1 unspecified atom stereocenters. The molecular weight excluding hydrogens is 449 g/mol. The molecule has 1 N–H and O–H groups in total. The van der Waals surface area contributed by atoms with E-state index in [1.165, 1.54) is 22.9 Å². The van der Waals surface area contributed by atoms with E-state index in [9.17, 15) is 19.1 Å². The van der Waals surface area contributed by atoms with Crippen LogP contribution in [0.1, 0.15) is 50.8 Å². The molecule has 1 fully saturated rings. The summed E-state index contributed by atoms with van der Waals surface area (Å²) in [6.45, 7) is 5.68. The zero-order valence-corrected chi connectivity index (χ0v) is 20.4. The van der Waals surface area contributed by atoms with E-state index < -0.39 is 17.3 Å². The van der Waals surface area contributed by atoms with E-state index in [-0.39, 0.29) is 23.8 Å². The second kappa shape index (κ2) is 9.26. The first-order chi connectivity index (χ1) is 16.5. The van der Waals surface area contributed by atoms with Gasteiger partial charge < -0.3 is 14.7 Å². The topological polar surface area (TPSA) is 84.7 Å². The predicted molar refractivity (Wildman–Crippen MR) is 130 cm³/mol. The van der Waals surface area contributed by atoms with Crippen LogP contribution in [0.5, 0.6) is 0 Å². The lowest BCUT2D eigenvalue weighted by atomic mass is 9.80. The number of hydrogen-bond acceptors (Lipinski definition) is 5. The number of benzene rings is 2. The number of nitrogens with zero attached hydrogens (tertiary/aromatic N) is 3. The predicted octanol–water partition coefficient (Wildman–Crippen LogP) is 4.55. The van der Waals surface area contributed by atoms with Gasteiger partial charge in [-0.1, -0.05) is 36.4 Å². The molecule has 1 aliphatic rings. The number of ether oxygens (including phenoxy) is 1. The number of halogens is 1. The van der Waals surface area contributed by atoms with Gasteiger partial charge in [-0.25, -0.2) is 13.9 Å². The Bertz CT molecular complexity index is 1270. The van der Waals surface area contributed by atoms with Crippen LogP contribution in [0.3, 0.4) is 0 Å². The maximum absolute atomic E-state index is 13.5. The zero-order valence-electron chi connectivity index (χ0n) is 20.4. The quantitative estimate of drug-likeness (QED) is 0.561. The maximum Gasteiger partial charge on any atom is 0.411 e. The van der Waals surface area contributed by atoms with Gasteiger partial charge in [-0.05, 0) is 50.1 Å². The molecule has 1 aliphatic heterocycles. The molecule has 1 amide bonds. The first kappa shape index (κ1) is 24.6. The van der Waals surface area contributed by atoms with Crippen LogP contribution < -0.4 is 5.56 Å². The van der Waals surface area contributed by atoms with Gasteiger partial charge in [0.05, 0.1) is 17.3 Å². The van der Waals surface area contributed by atoms with Crippen LogP contribution in [0.2, 0.25) is 0 Å². The number of carbonyl (C=O) groups is 1. The number of hydrogen-bond donors (Lipinski definition) is 1. The monoisotopic (exact) mass is 479 g/mol. The van der Waals surface area contributed by atoms with Gasteiger partial charge in [0.15, 0.2) is 0 Å². The number of rotatable bonds is 6. The van der Waals surface area contributed by atoms with Crippen molar-refractivity contribution in [2.45, 2.75) is 50.9 Å². The maximum atomic E-state index is 13.5. The summed E-state index contributed by atoms with van der Waals surface area (Å²) in [7, 11) is 1.61. The molecular formula is C27H30FN3O4. The molecule has 35 heavy (non-hydrogen) atoms. The van der Waals surface area contributed by atoms with E-state index in [1.54, 1.807) is 44.0 Å². The third-order valence-electron chi connectivity index (χ3n) is 6.48. The molecule has 0 aliphatic carbocycles. The average molecular weight is 480 g/mol. The Labute approximate surface area is 203 Å². The van der Waals surface area contributed by atoms with E-state index in [4.69, 9.17) is 4.74 Å². The van der Waals surface area contributed by atoms with Crippen LogP contribution in [0.25, 0.3) is 11.3 Å². The fraction of sp³-hybridized carbons (Fsp3) is 0.370. The van der Waals surface area contributed by atoms with E-state index in [1.807, 2.05) is 31.2 Å². The van der Waals surface area contributed by atoms with Gasteiger partial charge in [0.1, 0.15) is 11.4 Å². The summed E-state index contributed by atoms with van der Waals surface area (Å²) < 4.78 is 20.8. The summed E-state index contributed by atoms with van der Waals surface area (Å²) in [5.74, 6) is -0.374. The van der Waals surface area contributed by atoms with Crippen molar-refractivity contribution in [2.24, 2.45) is 7.05 Å². The van der Waals surface area contributed by atoms with Gasteiger partial charge in [-0.3, -0.25) is 4.79 Å². The normalized spacial score (nSPS) is 19.4. The number of aromatic nitrogens is 2. The minimum Gasteiger partial charge on any atom is -0.438 e. The van der Waals surface area contributed by atoms with Gasteiger partial charge in [0, 0.05) is 38.1 Å². The molecule has 2 aromatic carbocycles. The van der Waals surface area contributed by atoms with Crippen LogP contribution >= 0.6 is 0 Å². The average Bonchev–Trinajstić information content (AvgIpc) is 2.80.